The number of rotatable bonds is 6. The number of carboxylic acids is 2. The molecular weight excluding hydrogens is 240 g/mol. The van der Waals surface area contributed by atoms with Crippen molar-refractivity contribution in [3.8, 4) is 0 Å². The van der Waals surface area contributed by atoms with Gasteiger partial charge in [0.2, 0.25) is 0 Å². The van der Waals surface area contributed by atoms with Crippen LogP contribution < -0.4 is 0 Å². The summed E-state index contributed by atoms with van der Waals surface area (Å²) in [6.07, 6.45) is 3.28. The van der Waals surface area contributed by atoms with Crippen LogP contribution in [0, 0.1) is 5.92 Å². The second-order valence-electron chi connectivity index (χ2n) is 4.60. The Kier molecular flexibility index (Phi) is 4.94. The van der Waals surface area contributed by atoms with Gasteiger partial charge in [-0.1, -0.05) is 6.42 Å². The van der Waals surface area contributed by atoms with E-state index < -0.39 is 31.1 Å². The molecule has 0 spiro atoms. The van der Waals surface area contributed by atoms with Crippen LogP contribution in [0.3, 0.4) is 0 Å². The number of hydrogen-bond acceptors (Lipinski definition) is 3. The van der Waals surface area contributed by atoms with Crippen LogP contribution in [0.2, 0.25) is 0 Å². The predicted octanol–water partition coefficient (Wildman–Crippen LogP) is 0.310. The van der Waals surface area contributed by atoms with E-state index in [0.717, 1.165) is 24.2 Å². The summed E-state index contributed by atoms with van der Waals surface area (Å²) in [6.45, 7) is -0.644. The Hall–Kier alpha value is -1.79. The van der Waals surface area contributed by atoms with E-state index in [4.69, 9.17) is 10.2 Å². The van der Waals surface area contributed by atoms with Gasteiger partial charge in [0.1, 0.15) is 13.1 Å². The summed E-state index contributed by atoms with van der Waals surface area (Å²) < 4.78 is 0. The molecule has 0 unspecified atom stereocenters. The first kappa shape index (κ1) is 14.3. The van der Waals surface area contributed by atoms with Crippen LogP contribution in [0.1, 0.15) is 19.3 Å². The van der Waals surface area contributed by atoms with E-state index in [1.807, 2.05) is 0 Å². The molecule has 0 atom stereocenters. The van der Waals surface area contributed by atoms with Gasteiger partial charge in [0.05, 0.1) is 0 Å². The first-order chi connectivity index (χ1) is 8.40. The van der Waals surface area contributed by atoms with E-state index in [1.165, 1.54) is 4.90 Å². The van der Waals surface area contributed by atoms with E-state index in [1.54, 1.807) is 7.05 Å². The van der Waals surface area contributed by atoms with Gasteiger partial charge in [-0.05, 0) is 18.8 Å². The molecule has 0 aromatic heterocycles. The Morgan fingerprint density at radius 3 is 1.94 bits per heavy atom. The summed E-state index contributed by atoms with van der Waals surface area (Å²) in [4.78, 5) is 35.3. The fraction of sp³-hybridized carbons (Fsp3) is 0.727. The topological polar surface area (TPSA) is 98.2 Å². The summed E-state index contributed by atoms with van der Waals surface area (Å²) in [5, 5.41) is 17.3. The van der Waals surface area contributed by atoms with Crippen molar-refractivity contribution in [3.05, 3.63) is 0 Å². The van der Waals surface area contributed by atoms with E-state index in [2.05, 4.69) is 0 Å². The van der Waals surface area contributed by atoms with Crippen molar-refractivity contribution < 1.29 is 24.6 Å². The highest BCUT2D eigenvalue weighted by Crippen LogP contribution is 2.26. The van der Waals surface area contributed by atoms with Crippen LogP contribution in [0.25, 0.3) is 0 Å². The highest BCUT2D eigenvalue weighted by molar-refractivity contribution is 5.84. The number of nitrogens with zero attached hydrogens (tertiary/aromatic N) is 2. The van der Waals surface area contributed by atoms with Crippen molar-refractivity contribution in [2.24, 2.45) is 5.92 Å². The lowest BCUT2D eigenvalue weighted by Crippen LogP contribution is -2.47. The lowest BCUT2D eigenvalue weighted by atomic mass is 9.85. The third kappa shape index (κ3) is 4.23. The van der Waals surface area contributed by atoms with Crippen molar-refractivity contribution in [2.45, 2.75) is 19.3 Å². The third-order valence-corrected chi connectivity index (χ3v) is 3.01. The number of urea groups is 1. The molecule has 0 saturated heterocycles. The summed E-state index contributed by atoms with van der Waals surface area (Å²) in [5.41, 5.74) is 0. The molecule has 102 valence electrons. The Bertz CT molecular complexity index is 324. The van der Waals surface area contributed by atoms with Gasteiger partial charge < -0.3 is 20.0 Å². The molecule has 0 aromatic rings. The standard InChI is InChI=1S/C11H18N2O5/c1-12(5-8-3-2-4-8)11(18)13(6-9(14)15)7-10(16)17/h8H,2-7H2,1H3,(H,14,15)(H,16,17). The molecule has 7 heteroatoms. The van der Waals surface area contributed by atoms with Gasteiger partial charge in [0, 0.05) is 13.6 Å². The first-order valence-corrected chi connectivity index (χ1v) is 5.83. The largest absolute Gasteiger partial charge is 0.480 e. The maximum Gasteiger partial charge on any atom is 0.323 e. The number of amides is 2. The smallest absolute Gasteiger partial charge is 0.323 e. The molecule has 1 fully saturated rings. The summed E-state index contributed by atoms with van der Waals surface area (Å²) in [6, 6.07) is -0.549. The normalized spacial score (nSPS) is 14.7. The minimum Gasteiger partial charge on any atom is -0.480 e. The highest BCUT2D eigenvalue weighted by atomic mass is 16.4. The Morgan fingerprint density at radius 1 is 1.11 bits per heavy atom. The van der Waals surface area contributed by atoms with Gasteiger partial charge in [0.25, 0.3) is 0 Å². The molecule has 1 rings (SSSR count). The molecule has 2 N–H and O–H groups in total. The molecule has 18 heavy (non-hydrogen) atoms. The summed E-state index contributed by atoms with van der Waals surface area (Å²) >= 11 is 0. The number of carboxylic acid groups (broad SMARTS) is 2. The van der Waals surface area contributed by atoms with Gasteiger partial charge in [-0.15, -0.1) is 0 Å². The zero-order valence-electron chi connectivity index (χ0n) is 10.3. The number of hydrogen-bond donors (Lipinski definition) is 2. The predicted molar refractivity (Wildman–Crippen MR) is 62.2 cm³/mol. The molecule has 0 aliphatic heterocycles. The molecule has 1 aliphatic rings. The average Bonchev–Trinajstić information content (AvgIpc) is 2.19. The first-order valence-electron chi connectivity index (χ1n) is 5.83. The summed E-state index contributed by atoms with van der Waals surface area (Å²) in [5.74, 6) is -1.99. The maximum absolute atomic E-state index is 11.9. The van der Waals surface area contributed by atoms with Crippen LogP contribution in [-0.2, 0) is 9.59 Å². The second-order valence-corrected chi connectivity index (χ2v) is 4.60. The number of aliphatic carboxylic acids is 2. The van der Waals surface area contributed by atoms with Crippen molar-refractivity contribution in [1.29, 1.82) is 0 Å². The van der Waals surface area contributed by atoms with Gasteiger partial charge in [-0.25, -0.2) is 4.79 Å². The fourth-order valence-corrected chi connectivity index (χ4v) is 1.90. The molecule has 1 aliphatic carbocycles. The summed E-state index contributed by atoms with van der Waals surface area (Å²) in [7, 11) is 1.57. The molecule has 0 bridgehead atoms. The maximum atomic E-state index is 11.9. The van der Waals surface area contributed by atoms with Crippen LogP contribution in [0.4, 0.5) is 4.79 Å². The highest BCUT2D eigenvalue weighted by Gasteiger charge is 2.26. The van der Waals surface area contributed by atoms with Gasteiger partial charge >= 0.3 is 18.0 Å². The minimum absolute atomic E-state index is 0.454. The van der Waals surface area contributed by atoms with Crippen molar-refractivity contribution in [2.75, 3.05) is 26.7 Å². The number of carbonyl (C=O) groups excluding carboxylic acids is 1. The van der Waals surface area contributed by atoms with Crippen molar-refractivity contribution >= 4 is 18.0 Å². The lowest BCUT2D eigenvalue weighted by Gasteiger charge is -2.32. The van der Waals surface area contributed by atoms with Crippen LogP contribution in [0.15, 0.2) is 0 Å². The average molecular weight is 258 g/mol. The molecule has 1 saturated carbocycles. The molecule has 2 amide bonds. The van der Waals surface area contributed by atoms with Crippen LogP contribution >= 0.6 is 0 Å². The molecule has 7 nitrogen and oxygen atoms in total. The number of carbonyl (C=O) groups is 3. The zero-order valence-corrected chi connectivity index (χ0v) is 10.3. The van der Waals surface area contributed by atoms with Gasteiger partial charge in [0.15, 0.2) is 0 Å². The monoisotopic (exact) mass is 258 g/mol. The molecule has 0 heterocycles. The molecule has 0 radical (unpaired) electrons. The quantitative estimate of drug-likeness (QED) is 0.714. The minimum atomic E-state index is -1.22. The second kappa shape index (κ2) is 6.23. The Morgan fingerprint density at radius 2 is 1.61 bits per heavy atom. The lowest BCUT2D eigenvalue weighted by molar-refractivity contribution is -0.140. The van der Waals surface area contributed by atoms with E-state index in [-0.39, 0.29) is 0 Å². The van der Waals surface area contributed by atoms with E-state index in [0.29, 0.717) is 12.5 Å². The van der Waals surface area contributed by atoms with Gasteiger partial charge in [-0.3, -0.25) is 9.59 Å². The van der Waals surface area contributed by atoms with Crippen LogP contribution in [0.5, 0.6) is 0 Å². The Labute approximate surface area is 105 Å². The molecular formula is C11H18N2O5. The zero-order chi connectivity index (χ0) is 13.7. The molecule has 0 aromatic carbocycles. The van der Waals surface area contributed by atoms with Gasteiger partial charge in [-0.2, -0.15) is 0 Å². The third-order valence-electron chi connectivity index (χ3n) is 3.01. The fourth-order valence-electron chi connectivity index (χ4n) is 1.90. The SMILES string of the molecule is CN(CC1CCC1)C(=O)N(CC(=O)O)CC(=O)O. The van der Waals surface area contributed by atoms with Crippen LogP contribution in [-0.4, -0.2) is 64.7 Å². The van der Waals surface area contributed by atoms with Crippen molar-refractivity contribution in [3.63, 3.8) is 0 Å². The van der Waals surface area contributed by atoms with Crippen molar-refractivity contribution in [1.82, 2.24) is 9.80 Å². The Balaban J connectivity index is 2.55. The van der Waals surface area contributed by atoms with E-state index >= 15 is 0 Å². The van der Waals surface area contributed by atoms with E-state index in [9.17, 15) is 14.4 Å².